The molecular formula is C18H10F4N2OS. The summed E-state index contributed by atoms with van der Waals surface area (Å²) in [5.74, 6) is 1.12. The summed E-state index contributed by atoms with van der Waals surface area (Å²) in [5.41, 5.74) is -0.547. The van der Waals surface area contributed by atoms with Crippen LogP contribution in [0.3, 0.4) is 0 Å². The van der Waals surface area contributed by atoms with Crippen molar-refractivity contribution in [1.29, 1.82) is 0 Å². The van der Waals surface area contributed by atoms with Crippen LogP contribution in [0.15, 0.2) is 47.5 Å². The van der Waals surface area contributed by atoms with Gasteiger partial charge in [-0.15, -0.1) is 6.42 Å². The minimum Gasteiger partial charge on any atom is -0.305 e. The lowest BCUT2D eigenvalue weighted by Gasteiger charge is -2.06. The monoisotopic (exact) mass is 378 g/mol. The molecular weight excluding hydrogens is 368 g/mol. The van der Waals surface area contributed by atoms with Gasteiger partial charge in [0.2, 0.25) is 0 Å². The zero-order valence-corrected chi connectivity index (χ0v) is 13.9. The van der Waals surface area contributed by atoms with Gasteiger partial charge in [-0.25, -0.2) is 4.39 Å². The quantitative estimate of drug-likeness (QED) is 0.485. The number of carbonyl (C=O) groups excluding carboxylic acids is 1. The number of aromatic nitrogens is 1. The second-order valence-electron chi connectivity index (χ2n) is 5.28. The minimum atomic E-state index is -4.56. The van der Waals surface area contributed by atoms with Gasteiger partial charge in [-0.2, -0.15) is 18.2 Å². The maximum atomic E-state index is 13.4. The van der Waals surface area contributed by atoms with Crippen molar-refractivity contribution in [2.45, 2.75) is 12.7 Å². The fourth-order valence-corrected chi connectivity index (χ4v) is 3.41. The summed E-state index contributed by atoms with van der Waals surface area (Å²) >= 11 is 1.03. The molecule has 3 rings (SSSR count). The molecule has 0 unspecified atom stereocenters. The fourth-order valence-electron chi connectivity index (χ4n) is 2.36. The number of hydrogen-bond acceptors (Lipinski definition) is 2. The molecule has 1 heterocycles. The lowest BCUT2D eigenvalue weighted by atomic mass is 10.1. The van der Waals surface area contributed by atoms with Crippen LogP contribution < -0.4 is 4.80 Å². The van der Waals surface area contributed by atoms with Gasteiger partial charge < -0.3 is 4.57 Å². The highest BCUT2D eigenvalue weighted by molar-refractivity contribution is 7.16. The summed E-state index contributed by atoms with van der Waals surface area (Å²) in [6.45, 7) is 0.0837. The Hall–Kier alpha value is -2.92. The normalized spacial score (nSPS) is 12.3. The van der Waals surface area contributed by atoms with Crippen LogP contribution in [-0.2, 0) is 12.7 Å². The minimum absolute atomic E-state index is 0.0837. The first-order chi connectivity index (χ1) is 12.3. The predicted molar refractivity (Wildman–Crippen MR) is 89.9 cm³/mol. The molecule has 0 bridgehead atoms. The van der Waals surface area contributed by atoms with Crippen molar-refractivity contribution in [2.75, 3.05) is 0 Å². The van der Waals surface area contributed by atoms with E-state index in [1.807, 2.05) is 0 Å². The van der Waals surface area contributed by atoms with E-state index in [2.05, 4.69) is 10.9 Å². The Morgan fingerprint density at radius 1 is 1.23 bits per heavy atom. The molecule has 0 fully saturated rings. The van der Waals surface area contributed by atoms with Crippen LogP contribution >= 0.6 is 11.3 Å². The Kier molecular flexibility index (Phi) is 4.66. The molecule has 3 aromatic rings. The number of hydrogen-bond donors (Lipinski definition) is 0. The van der Waals surface area contributed by atoms with Crippen molar-refractivity contribution in [3.05, 3.63) is 64.2 Å². The van der Waals surface area contributed by atoms with Crippen LogP contribution in [0.4, 0.5) is 17.6 Å². The maximum Gasteiger partial charge on any atom is 0.416 e. The van der Waals surface area contributed by atoms with Crippen LogP contribution in [0, 0.1) is 18.2 Å². The predicted octanol–water partition coefficient (Wildman–Crippen LogP) is 4.24. The summed E-state index contributed by atoms with van der Waals surface area (Å²) in [6, 6.07) is 8.04. The van der Waals surface area contributed by atoms with Crippen LogP contribution in [-0.4, -0.2) is 10.5 Å². The van der Waals surface area contributed by atoms with Crippen molar-refractivity contribution in [3.63, 3.8) is 0 Å². The third kappa shape index (κ3) is 3.53. The molecule has 26 heavy (non-hydrogen) atoms. The van der Waals surface area contributed by atoms with E-state index in [9.17, 15) is 22.4 Å². The number of carbonyl (C=O) groups is 1. The lowest BCUT2D eigenvalue weighted by Crippen LogP contribution is -2.16. The third-order valence-corrected chi connectivity index (χ3v) is 4.57. The van der Waals surface area contributed by atoms with E-state index in [0.29, 0.717) is 10.2 Å². The van der Waals surface area contributed by atoms with Crippen molar-refractivity contribution in [1.82, 2.24) is 4.57 Å². The zero-order chi connectivity index (χ0) is 18.9. The number of halogens is 4. The van der Waals surface area contributed by atoms with Gasteiger partial charge in [-0.3, -0.25) is 4.79 Å². The first-order valence-electron chi connectivity index (χ1n) is 7.28. The van der Waals surface area contributed by atoms with E-state index >= 15 is 0 Å². The zero-order valence-electron chi connectivity index (χ0n) is 13.0. The maximum absolute atomic E-state index is 13.4. The number of amides is 1. The van der Waals surface area contributed by atoms with Gasteiger partial charge in [0.25, 0.3) is 5.91 Å². The molecule has 0 saturated heterocycles. The van der Waals surface area contributed by atoms with Crippen molar-refractivity contribution >= 4 is 27.5 Å². The molecule has 1 amide bonds. The molecule has 8 heteroatoms. The number of fused-ring (bicyclic) bond motifs is 1. The molecule has 3 nitrogen and oxygen atoms in total. The Bertz CT molecular complexity index is 1100. The number of nitrogens with zero attached hydrogens (tertiary/aromatic N) is 2. The highest BCUT2D eigenvalue weighted by atomic mass is 32.1. The molecule has 0 aliphatic carbocycles. The summed E-state index contributed by atoms with van der Waals surface area (Å²) < 4.78 is 53.9. The molecule has 1 aromatic heterocycles. The number of alkyl halides is 3. The first kappa shape index (κ1) is 17.9. The van der Waals surface area contributed by atoms with Gasteiger partial charge in [-0.05, 0) is 36.4 Å². The van der Waals surface area contributed by atoms with E-state index in [1.165, 1.54) is 28.8 Å². The van der Waals surface area contributed by atoms with E-state index in [4.69, 9.17) is 6.42 Å². The van der Waals surface area contributed by atoms with E-state index in [0.717, 1.165) is 29.5 Å². The summed E-state index contributed by atoms with van der Waals surface area (Å²) in [5, 5.41) is 0. The Morgan fingerprint density at radius 3 is 2.69 bits per heavy atom. The highest BCUT2D eigenvalue weighted by Crippen LogP contribution is 2.29. The van der Waals surface area contributed by atoms with E-state index in [1.54, 1.807) is 0 Å². The second-order valence-corrected chi connectivity index (χ2v) is 6.29. The van der Waals surface area contributed by atoms with Gasteiger partial charge in [0.05, 0.1) is 22.3 Å². The topological polar surface area (TPSA) is 34.4 Å². The summed E-state index contributed by atoms with van der Waals surface area (Å²) in [7, 11) is 0. The number of rotatable bonds is 2. The van der Waals surface area contributed by atoms with Gasteiger partial charge in [-0.1, -0.05) is 23.3 Å². The number of benzene rings is 2. The van der Waals surface area contributed by atoms with Crippen LogP contribution in [0.5, 0.6) is 0 Å². The van der Waals surface area contributed by atoms with Crippen LogP contribution in [0.2, 0.25) is 0 Å². The molecule has 0 aliphatic heterocycles. The Balaban J connectivity index is 2.11. The molecule has 0 atom stereocenters. The molecule has 0 aliphatic rings. The SMILES string of the molecule is C#CCn1c(=NC(=O)c2cccc(C(F)(F)F)c2)sc2cc(F)ccc21. The summed E-state index contributed by atoms with van der Waals surface area (Å²) in [4.78, 5) is 16.4. The van der Waals surface area contributed by atoms with Gasteiger partial charge >= 0.3 is 6.18 Å². The smallest absolute Gasteiger partial charge is 0.305 e. The highest BCUT2D eigenvalue weighted by Gasteiger charge is 2.30. The fraction of sp³-hybridized carbons (Fsp3) is 0.111. The standard InChI is InChI=1S/C18H10F4N2OS/c1-2-8-24-14-7-6-13(19)10-15(14)26-17(24)23-16(25)11-4-3-5-12(9-11)18(20,21)22/h1,3-7,9-10H,8H2. The van der Waals surface area contributed by atoms with E-state index in [-0.39, 0.29) is 16.9 Å². The average Bonchev–Trinajstić information content (AvgIpc) is 2.91. The van der Waals surface area contributed by atoms with Crippen molar-refractivity contribution < 1.29 is 22.4 Å². The Labute approximate surface area is 149 Å². The molecule has 2 aromatic carbocycles. The summed E-state index contributed by atoms with van der Waals surface area (Å²) in [6.07, 6.45) is 0.767. The number of thiazole rings is 1. The third-order valence-electron chi connectivity index (χ3n) is 3.53. The lowest BCUT2D eigenvalue weighted by molar-refractivity contribution is -0.137. The van der Waals surface area contributed by atoms with E-state index < -0.39 is 23.5 Å². The molecule has 132 valence electrons. The molecule has 0 N–H and O–H groups in total. The van der Waals surface area contributed by atoms with Crippen LogP contribution in [0.25, 0.3) is 10.2 Å². The average molecular weight is 378 g/mol. The molecule has 0 radical (unpaired) electrons. The van der Waals surface area contributed by atoms with Crippen LogP contribution in [0.1, 0.15) is 15.9 Å². The van der Waals surface area contributed by atoms with Gasteiger partial charge in [0, 0.05) is 5.56 Å². The van der Waals surface area contributed by atoms with Crippen molar-refractivity contribution in [3.8, 4) is 12.3 Å². The largest absolute Gasteiger partial charge is 0.416 e. The van der Waals surface area contributed by atoms with Gasteiger partial charge in [0.1, 0.15) is 5.82 Å². The number of terminal acetylenes is 1. The Morgan fingerprint density at radius 2 is 2.00 bits per heavy atom. The van der Waals surface area contributed by atoms with Crippen molar-refractivity contribution in [2.24, 2.45) is 4.99 Å². The first-order valence-corrected chi connectivity index (χ1v) is 8.10. The molecule has 0 spiro atoms. The molecule has 0 saturated carbocycles. The second kappa shape index (κ2) is 6.77. The van der Waals surface area contributed by atoms with Gasteiger partial charge in [0.15, 0.2) is 4.80 Å².